The fraction of sp³-hybridized carbons (Fsp3) is 0.188. The number of ether oxygens (including phenoxy) is 1. The van der Waals surface area contributed by atoms with Crippen LogP contribution in [0, 0.1) is 0 Å². The summed E-state index contributed by atoms with van der Waals surface area (Å²) in [4.78, 5) is 10.7. The second-order valence-electron chi connectivity index (χ2n) is 4.56. The number of hydrogen-bond acceptors (Lipinski definition) is 4. The van der Waals surface area contributed by atoms with E-state index in [4.69, 9.17) is 9.84 Å². The van der Waals surface area contributed by atoms with Crippen molar-refractivity contribution in [3.05, 3.63) is 59.7 Å². The van der Waals surface area contributed by atoms with Crippen molar-refractivity contribution < 1.29 is 14.6 Å². The first-order valence-corrected chi connectivity index (χ1v) is 6.60. The highest BCUT2D eigenvalue weighted by atomic mass is 16.5. The molecule has 0 aliphatic carbocycles. The number of hydrogen-bond donors (Lipinski definition) is 3. The van der Waals surface area contributed by atoms with Crippen molar-refractivity contribution in [2.24, 2.45) is 0 Å². The third kappa shape index (κ3) is 4.50. The summed E-state index contributed by atoms with van der Waals surface area (Å²) in [6.45, 7) is 0.561. The smallest absolute Gasteiger partial charge is 0.307 e. The molecule has 110 valence electrons. The van der Waals surface area contributed by atoms with Crippen molar-refractivity contribution in [2.75, 3.05) is 12.5 Å². The minimum absolute atomic E-state index is 0.00761. The summed E-state index contributed by atoms with van der Waals surface area (Å²) in [5, 5.41) is 8.80. The standard InChI is InChI=1S/C16H18N2O3/c1-21-15-9-12(10-16(19)20)7-8-13(15)11-17-18-14-5-3-2-4-6-14/h2-9,17-18H,10-11H2,1H3,(H,19,20). The molecule has 21 heavy (non-hydrogen) atoms. The number of para-hydroxylation sites is 1. The first-order chi connectivity index (χ1) is 10.2. The van der Waals surface area contributed by atoms with Crippen molar-refractivity contribution in [2.45, 2.75) is 13.0 Å². The Bertz CT molecular complexity index is 600. The molecule has 0 fully saturated rings. The highest BCUT2D eigenvalue weighted by Gasteiger charge is 2.07. The topological polar surface area (TPSA) is 70.6 Å². The van der Waals surface area contributed by atoms with Gasteiger partial charge in [-0.3, -0.25) is 4.79 Å². The van der Waals surface area contributed by atoms with Gasteiger partial charge in [0.25, 0.3) is 0 Å². The molecular formula is C16H18N2O3. The lowest BCUT2D eigenvalue weighted by molar-refractivity contribution is -0.136. The number of benzene rings is 2. The van der Waals surface area contributed by atoms with Crippen LogP contribution >= 0.6 is 0 Å². The van der Waals surface area contributed by atoms with Gasteiger partial charge in [0.2, 0.25) is 0 Å². The summed E-state index contributed by atoms with van der Waals surface area (Å²) < 4.78 is 5.31. The van der Waals surface area contributed by atoms with Crippen molar-refractivity contribution in [1.82, 2.24) is 5.43 Å². The first-order valence-electron chi connectivity index (χ1n) is 6.60. The van der Waals surface area contributed by atoms with Gasteiger partial charge in [0.1, 0.15) is 5.75 Å². The summed E-state index contributed by atoms with van der Waals surface area (Å²) in [7, 11) is 1.58. The van der Waals surface area contributed by atoms with Crippen molar-refractivity contribution in [1.29, 1.82) is 0 Å². The lowest BCUT2D eigenvalue weighted by Gasteiger charge is -2.12. The molecule has 0 spiro atoms. The van der Waals surface area contributed by atoms with Gasteiger partial charge in [0, 0.05) is 17.8 Å². The molecule has 0 saturated heterocycles. The number of carboxylic acid groups (broad SMARTS) is 1. The number of methoxy groups -OCH3 is 1. The largest absolute Gasteiger partial charge is 0.496 e. The Balaban J connectivity index is 1.97. The van der Waals surface area contributed by atoms with Crippen LogP contribution in [0.3, 0.4) is 0 Å². The molecule has 0 aliphatic heterocycles. The molecule has 5 nitrogen and oxygen atoms in total. The zero-order chi connectivity index (χ0) is 15.1. The molecule has 2 aromatic rings. The van der Waals surface area contributed by atoms with Crippen molar-refractivity contribution in [3.63, 3.8) is 0 Å². The van der Waals surface area contributed by atoms with E-state index in [2.05, 4.69) is 10.9 Å². The molecule has 0 atom stereocenters. The summed E-state index contributed by atoms with van der Waals surface area (Å²) in [5.41, 5.74) is 8.84. The quantitative estimate of drug-likeness (QED) is 0.682. The maximum absolute atomic E-state index is 10.7. The van der Waals surface area contributed by atoms with Gasteiger partial charge in [-0.25, -0.2) is 5.43 Å². The SMILES string of the molecule is COc1cc(CC(=O)O)ccc1CNNc1ccccc1. The van der Waals surface area contributed by atoms with Crippen LogP contribution in [0.25, 0.3) is 0 Å². The number of aliphatic carboxylic acids is 1. The summed E-state index contributed by atoms with van der Waals surface area (Å²) in [6, 6.07) is 15.2. The number of rotatable bonds is 7. The molecule has 5 heteroatoms. The summed E-state index contributed by atoms with van der Waals surface area (Å²) in [5.74, 6) is -0.176. The lowest BCUT2D eigenvalue weighted by atomic mass is 10.1. The molecule has 0 aliphatic rings. The van der Waals surface area contributed by atoms with Gasteiger partial charge < -0.3 is 15.3 Å². The van der Waals surface area contributed by atoms with Crippen molar-refractivity contribution in [3.8, 4) is 5.75 Å². The van der Waals surface area contributed by atoms with Crippen LogP contribution in [-0.4, -0.2) is 18.2 Å². The van der Waals surface area contributed by atoms with Gasteiger partial charge in [0.05, 0.1) is 13.5 Å². The van der Waals surface area contributed by atoms with E-state index in [1.165, 1.54) is 0 Å². The lowest BCUT2D eigenvalue weighted by Crippen LogP contribution is -2.21. The van der Waals surface area contributed by atoms with Gasteiger partial charge in [0.15, 0.2) is 0 Å². The number of hydrazine groups is 1. The Hall–Kier alpha value is -2.53. The Morgan fingerprint density at radius 2 is 1.95 bits per heavy atom. The molecule has 0 bridgehead atoms. The second kappa shape index (κ2) is 7.31. The van der Waals surface area contributed by atoms with Gasteiger partial charge in [-0.1, -0.05) is 30.3 Å². The molecule has 0 radical (unpaired) electrons. The zero-order valence-corrected chi connectivity index (χ0v) is 11.8. The molecule has 2 rings (SSSR count). The number of carboxylic acids is 1. The third-order valence-electron chi connectivity index (χ3n) is 2.99. The number of anilines is 1. The summed E-state index contributed by atoms with van der Waals surface area (Å²) >= 11 is 0. The van der Waals surface area contributed by atoms with E-state index in [1.807, 2.05) is 36.4 Å². The first kappa shape index (κ1) is 14.9. The Kier molecular flexibility index (Phi) is 5.17. The van der Waals surface area contributed by atoms with Crippen LogP contribution < -0.4 is 15.6 Å². The number of carbonyl (C=O) groups is 1. The zero-order valence-electron chi connectivity index (χ0n) is 11.8. The van der Waals surface area contributed by atoms with Crippen molar-refractivity contribution >= 4 is 11.7 Å². The van der Waals surface area contributed by atoms with Crippen LogP contribution in [-0.2, 0) is 17.8 Å². The van der Waals surface area contributed by atoms with Crippen LogP contribution in [0.1, 0.15) is 11.1 Å². The van der Waals surface area contributed by atoms with E-state index in [0.29, 0.717) is 12.3 Å². The average molecular weight is 286 g/mol. The fourth-order valence-corrected chi connectivity index (χ4v) is 1.98. The normalized spacial score (nSPS) is 10.1. The highest BCUT2D eigenvalue weighted by Crippen LogP contribution is 2.20. The van der Waals surface area contributed by atoms with Crippen LogP contribution in [0.2, 0.25) is 0 Å². The fourth-order valence-electron chi connectivity index (χ4n) is 1.98. The van der Waals surface area contributed by atoms with Gasteiger partial charge in [-0.2, -0.15) is 0 Å². The molecule has 0 saturated carbocycles. The highest BCUT2D eigenvalue weighted by molar-refractivity contribution is 5.70. The van der Waals surface area contributed by atoms with Gasteiger partial charge in [-0.05, 0) is 23.8 Å². The minimum atomic E-state index is -0.853. The third-order valence-corrected chi connectivity index (χ3v) is 2.99. The summed E-state index contributed by atoms with van der Waals surface area (Å²) in [6.07, 6.45) is -0.00761. The molecule has 0 aromatic heterocycles. The Labute approximate surface area is 123 Å². The van der Waals surface area contributed by atoms with Gasteiger partial charge in [-0.15, -0.1) is 0 Å². The maximum atomic E-state index is 10.7. The monoisotopic (exact) mass is 286 g/mol. The predicted octanol–water partition coefficient (Wildman–Crippen LogP) is 2.44. The molecule has 0 amide bonds. The van der Waals surface area contributed by atoms with Crippen LogP contribution in [0.5, 0.6) is 5.75 Å². The van der Waals surface area contributed by atoms with E-state index in [0.717, 1.165) is 16.8 Å². The molecule has 0 unspecified atom stereocenters. The molecular weight excluding hydrogens is 268 g/mol. The number of nitrogens with one attached hydrogen (secondary N) is 2. The van der Waals surface area contributed by atoms with E-state index < -0.39 is 5.97 Å². The Morgan fingerprint density at radius 3 is 2.62 bits per heavy atom. The average Bonchev–Trinajstić information content (AvgIpc) is 2.49. The molecule has 2 aromatic carbocycles. The van der Waals surface area contributed by atoms with Crippen LogP contribution in [0.15, 0.2) is 48.5 Å². The second-order valence-corrected chi connectivity index (χ2v) is 4.56. The van der Waals surface area contributed by atoms with Gasteiger partial charge >= 0.3 is 5.97 Å². The van der Waals surface area contributed by atoms with E-state index in [-0.39, 0.29) is 6.42 Å². The molecule has 0 heterocycles. The van der Waals surface area contributed by atoms with E-state index >= 15 is 0 Å². The Morgan fingerprint density at radius 1 is 1.19 bits per heavy atom. The minimum Gasteiger partial charge on any atom is -0.496 e. The van der Waals surface area contributed by atoms with E-state index in [1.54, 1.807) is 19.2 Å². The maximum Gasteiger partial charge on any atom is 0.307 e. The van der Waals surface area contributed by atoms with Crippen LogP contribution in [0.4, 0.5) is 5.69 Å². The molecule has 3 N–H and O–H groups in total. The predicted molar refractivity (Wildman–Crippen MR) is 81.2 cm³/mol. The van der Waals surface area contributed by atoms with E-state index in [9.17, 15) is 4.79 Å².